The van der Waals surface area contributed by atoms with Crippen molar-refractivity contribution in [2.75, 3.05) is 44.2 Å². The van der Waals surface area contributed by atoms with Crippen molar-refractivity contribution in [3.63, 3.8) is 0 Å². The topological polar surface area (TPSA) is 87.7 Å². The largest absolute Gasteiger partial charge is 0.406 e. The fourth-order valence-corrected chi connectivity index (χ4v) is 4.53. The summed E-state index contributed by atoms with van der Waals surface area (Å²) in [6, 6.07) is 9.64. The van der Waals surface area contributed by atoms with Crippen molar-refractivity contribution in [2.24, 2.45) is 7.05 Å². The Morgan fingerprint density at radius 1 is 1.03 bits per heavy atom. The first kappa shape index (κ1) is 20.3. The maximum atomic E-state index is 13.5. The first-order chi connectivity index (χ1) is 14.6. The third-order valence-corrected chi connectivity index (χ3v) is 6.06. The van der Waals surface area contributed by atoms with Crippen LogP contribution < -0.4 is 4.90 Å². The van der Waals surface area contributed by atoms with Gasteiger partial charge in [0.1, 0.15) is 6.04 Å². The van der Waals surface area contributed by atoms with Gasteiger partial charge in [-0.2, -0.15) is 0 Å². The van der Waals surface area contributed by atoms with Crippen molar-refractivity contribution in [1.29, 1.82) is 0 Å². The average molecular weight is 412 g/mol. The molecule has 0 unspecified atom stereocenters. The third-order valence-electron chi connectivity index (χ3n) is 6.06. The monoisotopic (exact) mass is 412 g/mol. The number of hydrogen-bond donors (Lipinski definition) is 0. The first-order valence-electron chi connectivity index (χ1n) is 10.5. The van der Waals surface area contributed by atoms with Crippen LogP contribution >= 0.6 is 0 Å². The molecule has 0 N–H and O–H groups in total. The molecule has 2 saturated heterocycles. The lowest BCUT2D eigenvalue weighted by molar-refractivity contribution is -0.388. The van der Waals surface area contributed by atoms with Crippen LogP contribution in [0.2, 0.25) is 0 Å². The summed E-state index contributed by atoms with van der Waals surface area (Å²) in [6.07, 6.45) is 4.78. The minimum absolute atomic E-state index is 0.116. The van der Waals surface area contributed by atoms with Crippen molar-refractivity contribution < 1.29 is 9.72 Å². The molecule has 4 rings (SSSR count). The van der Waals surface area contributed by atoms with Crippen LogP contribution in [0.4, 0.5) is 11.6 Å². The van der Waals surface area contributed by atoms with E-state index in [4.69, 9.17) is 0 Å². The van der Waals surface area contributed by atoms with Gasteiger partial charge in [-0.15, -0.1) is 0 Å². The quantitative estimate of drug-likeness (QED) is 0.553. The second-order valence-corrected chi connectivity index (χ2v) is 7.98. The number of aromatic nitrogens is 2. The highest BCUT2D eigenvalue weighted by molar-refractivity contribution is 5.83. The lowest BCUT2D eigenvalue weighted by Crippen LogP contribution is -2.52. The highest BCUT2D eigenvalue weighted by atomic mass is 16.6. The lowest BCUT2D eigenvalue weighted by Gasteiger charge is -2.41. The van der Waals surface area contributed by atoms with E-state index >= 15 is 0 Å². The van der Waals surface area contributed by atoms with Crippen LogP contribution in [-0.2, 0) is 11.8 Å². The van der Waals surface area contributed by atoms with E-state index in [0.717, 1.165) is 31.5 Å². The number of piperazine rings is 1. The average Bonchev–Trinajstić information content (AvgIpc) is 3.17. The lowest BCUT2D eigenvalue weighted by atomic mass is 10.0. The number of imidazole rings is 1. The van der Waals surface area contributed by atoms with Crippen LogP contribution in [0, 0.1) is 10.1 Å². The first-order valence-corrected chi connectivity index (χ1v) is 10.5. The third kappa shape index (κ3) is 4.02. The van der Waals surface area contributed by atoms with Crippen LogP contribution in [0.5, 0.6) is 0 Å². The van der Waals surface area contributed by atoms with Gasteiger partial charge in [0.2, 0.25) is 18.1 Å². The molecule has 1 atom stereocenters. The molecule has 3 heterocycles. The highest BCUT2D eigenvalue weighted by Gasteiger charge is 2.35. The van der Waals surface area contributed by atoms with Gasteiger partial charge < -0.3 is 19.9 Å². The SMILES string of the molecule is Cn1cnc([N+](=O)[O-])c1N1CCN([C@H](C(=O)N2CCCCC2)c2ccccc2)CC1. The number of carbonyl (C=O) groups is 1. The van der Waals surface area contributed by atoms with Gasteiger partial charge in [0.25, 0.3) is 0 Å². The standard InChI is InChI=1S/C21H28N6O3/c1-23-16-22-19(27(29)30)20(23)25-14-12-24(13-15-25)18(17-8-4-2-5-9-17)21(28)26-10-6-3-7-11-26/h2,4-5,8-9,16,18H,3,6-7,10-15H2,1H3/t18-/m0/s1. The number of amides is 1. The van der Waals surface area contributed by atoms with Gasteiger partial charge in [0.15, 0.2) is 0 Å². The summed E-state index contributed by atoms with van der Waals surface area (Å²) in [5, 5.41) is 11.3. The number of aryl methyl sites for hydroxylation is 1. The van der Waals surface area contributed by atoms with Gasteiger partial charge in [-0.25, -0.2) is 0 Å². The van der Waals surface area contributed by atoms with E-state index in [-0.39, 0.29) is 17.8 Å². The fourth-order valence-electron chi connectivity index (χ4n) is 4.53. The maximum absolute atomic E-state index is 13.5. The molecular weight excluding hydrogens is 384 g/mol. The number of piperidine rings is 1. The van der Waals surface area contributed by atoms with Gasteiger partial charge in [0, 0.05) is 46.3 Å². The molecule has 2 fully saturated rings. The molecule has 1 aromatic carbocycles. The predicted molar refractivity (Wildman–Crippen MR) is 113 cm³/mol. The molecule has 9 heteroatoms. The Morgan fingerprint density at radius 3 is 2.33 bits per heavy atom. The molecule has 160 valence electrons. The van der Waals surface area contributed by atoms with Crippen LogP contribution in [0.3, 0.4) is 0 Å². The number of nitrogens with zero attached hydrogens (tertiary/aromatic N) is 6. The van der Waals surface area contributed by atoms with E-state index in [1.165, 1.54) is 12.7 Å². The molecule has 2 aliphatic rings. The molecule has 0 bridgehead atoms. The van der Waals surface area contributed by atoms with Crippen LogP contribution in [0.25, 0.3) is 0 Å². The smallest absolute Gasteiger partial charge is 0.358 e. The Morgan fingerprint density at radius 2 is 1.70 bits per heavy atom. The second kappa shape index (κ2) is 8.83. The number of rotatable bonds is 5. The summed E-state index contributed by atoms with van der Waals surface area (Å²) in [7, 11) is 1.77. The van der Waals surface area contributed by atoms with E-state index in [2.05, 4.69) is 9.88 Å². The zero-order chi connectivity index (χ0) is 21.1. The van der Waals surface area contributed by atoms with Gasteiger partial charge in [0.05, 0.1) is 0 Å². The van der Waals surface area contributed by atoms with Gasteiger partial charge >= 0.3 is 5.82 Å². The summed E-state index contributed by atoms with van der Waals surface area (Å²) in [4.78, 5) is 34.5. The summed E-state index contributed by atoms with van der Waals surface area (Å²) >= 11 is 0. The molecule has 0 aliphatic carbocycles. The molecule has 0 spiro atoms. The number of carbonyl (C=O) groups excluding carboxylic acids is 1. The Bertz CT molecular complexity index is 885. The molecule has 1 amide bonds. The molecule has 2 aromatic rings. The Kier molecular flexibility index (Phi) is 5.98. The van der Waals surface area contributed by atoms with Gasteiger partial charge in [-0.1, -0.05) is 30.3 Å². The Hall–Kier alpha value is -2.94. The molecule has 30 heavy (non-hydrogen) atoms. The molecule has 0 radical (unpaired) electrons. The molecular formula is C21H28N6O3. The summed E-state index contributed by atoms with van der Waals surface area (Å²) in [5.41, 5.74) is 1.01. The molecule has 0 saturated carbocycles. The van der Waals surface area contributed by atoms with Gasteiger partial charge in [-0.05, 0) is 34.7 Å². The molecule has 1 aromatic heterocycles. The Labute approximate surface area is 176 Å². The van der Waals surface area contributed by atoms with E-state index in [0.29, 0.717) is 32.0 Å². The molecule has 2 aliphatic heterocycles. The van der Waals surface area contributed by atoms with Gasteiger partial charge in [-0.3, -0.25) is 14.3 Å². The number of hydrogen-bond acceptors (Lipinski definition) is 6. The minimum atomic E-state index is -0.436. The van der Waals surface area contributed by atoms with Crippen molar-refractivity contribution in [3.8, 4) is 0 Å². The molecule has 9 nitrogen and oxygen atoms in total. The summed E-state index contributed by atoms with van der Waals surface area (Å²) in [5.74, 6) is 0.578. The van der Waals surface area contributed by atoms with Crippen molar-refractivity contribution in [1.82, 2.24) is 19.4 Å². The summed E-state index contributed by atoms with van der Waals surface area (Å²) < 4.78 is 1.70. The summed E-state index contributed by atoms with van der Waals surface area (Å²) in [6.45, 7) is 4.17. The normalized spacial score (nSPS) is 19.0. The maximum Gasteiger partial charge on any atom is 0.406 e. The zero-order valence-corrected chi connectivity index (χ0v) is 17.3. The van der Waals surface area contributed by atoms with Crippen molar-refractivity contribution >= 4 is 17.5 Å². The van der Waals surface area contributed by atoms with Crippen LogP contribution in [0.15, 0.2) is 36.7 Å². The van der Waals surface area contributed by atoms with Crippen molar-refractivity contribution in [3.05, 3.63) is 52.3 Å². The number of anilines is 1. The highest BCUT2D eigenvalue weighted by Crippen LogP contribution is 2.30. The number of likely N-dealkylation sites (tertiary alicyclic amines) is 1. The fraction of sp³-hybridized carbons (Fsp3) is 0.524. The minimum Gasteiger partial charge on any atom is -0.358 e. The van der Waals surface area contributed by atoms with Crippen LogP contribution in [0.1, 0.15) is 30.9 Å². The van der Waals surface area contributed by atoms with E-state index in [1.807, 2.05) is 40.1 Å². The predicted octanol–water partition coefficient (Wildman–Crippen LogP) is 2.20. The van der Waals surface area contributed by atoms with Crippen LogP contribution in [-0.4, -0.2) is 69.4 Å². The second-order valence-electron chi connectivity index (χ2n) is 7.98. The van der Waals surface area contributed by atoms with E-state index in [1.54, 1.807) is 11.6 Å². The Balaban J connectivity index is 1.53. The number of benzene rings is 1. The van der Waals surface area contributed by atoms with Crippen molar-refractivity contribution in [2.45, 2.75) is 25.3 Å². The zero-order valence-electron chi connectivity index (χ0n) is 17.3. The van der Waals surface area contributed by atoms with E-state index in [9.17, 15) is 14.9 Å². The van der Waals surface area contributed by atoms with E-state index < -0.39 is 4.92 Å². The number of nitro groups is 1.